The lowest BCUT2D eigenvalue weighted by atomic mass is 10.1. The van der Waals surface area contributed by atoms with Crippen LogP contribution in [0.1, 0.15) is 15.9 Å². The second-order valence-electron chi connectivity index (χ2n) is 4.02. The third-order valence-corrected chi connectivity index (χ3v) is 3.32. The lowest BCUT2D eigenvalue weighted by molar-refractivity contribution is 0.102. The summed E-state index contributed by atoms with van der Waals surface area (Å²) < 4.78 is 14.1. The molecule has 1 N–H and O–H groups in total. The van der Waals surface area contributed by atoms with Gasteiger partial charge in [-0.1, -0.05) is 33.6 Å². The van der Waals surface area contributed by atoms with Crippen molar-refractivity contribution in [3.63, 3.8) is 0 Å². The largest absolute Gasteiger partial charge is 0.322 e. The van der Waals surface area contributed by atoms with Crippen LogP contribution in [0.4, 0.5) is 10.1 Å². The highest BCUT2D eigenvalue weighted by Crippen LogP contribution is 2.22. The molecule has 0 bridgehead atoms. The van der Waals surface area contributed by atoms with Crippen molar-refractivity contribution in [1.29, 1.82) is 0 Å². The van der Waals surface area contributed by atoms with Crippen LogP contribution in [0.3, 0.4) is 0 Å². The molecule has 5 heteroatoms. The van der Waals surface area contributed by atoms with Crippen LogP contribution in [-0.4, -0.2) is 5.91 Å². The van der Waals surface area contributed by atoms with Crippen molar-refractivity contribution in [2.24, 2.45) is 0 Å². The standard InChI is InChI=1S/C14H10BrClFNO/c1-8-12(17)3-2-4-13(8)18-14(19)9-5-10(15)7-11(16)6-9/h2-7H,1H3,(H,18,19). The molecule has 0 fully saturated rings. The van der Waals surface area contributed by atoms with Crippen molar-refractivity contribution in [1.82, 2.24) is 0 Å². The zero-order valence-electron chi connectivity index (χ0n) is 10.0. The molecule has 0 aliphatic carbocycles. The predicted octanol–water partition coefficient (Wildman–Crippen LogP) is 4.80. The molecule has 0 aromatic heterocycles. The first-order valence-corrected chi connectivity index (χ1v) is 6.67. The number of hydrogen-bond donors (Lipinski definition) is 1. The number of hydrogen-bond acceptors (Lipinski definition) is 1. The molecule has 2 nitrogen and oxygen atoms in total. The average molecular weight is 343 g/mol. The summed E-state index contributed by atoms with van der Waals surface area (Å²) in [4.78, 5) is 12.1. The van der Waals surface area contributed by atoms with Gasteiger partial charge in [0, 0.05) is 26.3 Å². The van der Waals surface area contributed by atoms with E-state index in [-0.39, 0.29) is 11.7 Å². The molecule has 0 saturated carbocycles. The zero-order chi connectivity index (χ0) is 14.0. The minimum absolute atomic E-state index is 0.336. The summed E-state index contributed by atoms with van der Waals surface area (Å²) >= 11 is 9.15. The van der Waals surface area contributed by atoms with Crippen LogP contribution in [0.2, 0.25) is 5.02 Å². The van der Waals surface area contributed by atoms with Gasteiger partial charge in [0.25, 0.3) is 5.91 Å². The van der Waals surface area contributed by atoms with Crippen LogP contribution in [0.15, 0.2) is 40.9 Å². The predicted molar refractivity (Wildman–Crippen MR) is 78.2 cm³/mol. The SMILES string of the molecule is Cc1c(F)cccc1NC(=O)c1cc(Cl)cc(Br)c1. The van der Waals surface area contributed by atoms with Crippen molar-refractivity contribution in [2.75, 3.05) is 5.32 Å². The lowest BCUT2D eigenvalue weighted by Gasteiger charge is -2.09. The molecule has 19 heavy (non-hydrogen) atoms. The van der Waals surface area contributed by atoms with Gasteiger partial charge in [-0.15, -0.1) is 0 Å². The highest BCUT2D eigenvalue weighted by molar-refractivity contribution is 9.10. The second-order valence-corrected chi connectivity index (χ2v) is 5.38. The second kappa shape index (κ2) is 5.72. The number of halogens is 3. The Kier molecular flexibility index (Phi) is 4.22. The Hall–Kier alpha value is -1.39. The summed E-state index contributed by atoms with van der Waals surface area (Å²) in [5.41, 5.74) is 1.25. The Bertz CT molecular complexity index is 625. The maximum absolute atomic E-state index is 13.4. The molecule has 98 valence electrons. The van der Waals surface area contributed by atoms with E-state index in [4.69, 9.17) is 11.6 Å². The molecular formula is C14H10BrClFNO. The van der Waals surface area contributed by atoms with Crippen LogP contribution in [-0.2, 0) is 0 Å². The Morgan fingerprint density at radius 2 is 2.05 bits per heavy atom. The van der Waals surface area contributed by atoms with Crippen LogP contribution in [0.25, 0.3) is 0 Å². The van der Waals surface area contributed by atoms with E-state index in [9.17, 15) is 9.18 Å². The van der Waals surface area contributed by atoms with E-state index in [0.717, 1.165) is 0 Å². The van der Waals surface area contributed by atoms with E-state index in [1.807, 2.05) is 0 Å². The van der Waals surface area contributed by atoms with Gasteiger partial charge >= 0.3 is 0 Å². The lowest BCUT2D eigenvalue weighted by Crippen LogP contribution is -2.13. The van der Waals surface area contributed by atoms with E-state index >= 15 is 0 Å². The van der Waals surface area contributed by atoms with Gasteiger partial charge in [0.2, 0.25) is 0 Å². The van der Waals surface area contributed by atoms with Gasteiger partial charge in [-0.05, 0) is 37.3 Å². The molecule has 2 aromatic rings. The fourth-order valence-corrected chi connectivity index (χ4v) is 2.48. The van der Waals surface area contributed by atoms with Crippen LogP contribution in [0.5, 0.6) is 0 Å². The molecule has 0 radical (unpaired) electrons. The monoisotopic (exact) mass is 341 g/mol. The molecule has 0 unspecified atom stereocenters. The first kappa shape index (κ1) is 14.0. The summed E-state index contributed by atoms with van der Waals surface area (Å²) in [5, 5.41) is 3.12. The van der Waals surface area contributed by atoms with Gasteiger partial charge < -0.3 is 5.32 Å². The summed E-state index contributed by atoms with van der Waals surface area (Å²) in [6.45, 7) is 1.61. The molecule has 2 aromatic carbocycles. The fraction of sp³-hybridized carbons (Fsp3) is 0.0714. The zero-order valence-corrected chi connectivity index (χ0v) is 12.3. The molecule has 0 saturated heterocycles. The number of carbonyl (C=O) groups excluding carboxylic acids is 1. The summed E-state index contributed by atoms with van der Waals surface area (Å²) in [5.74, 6) is -0.693. The van der Waals surface area contributed by atoms with E-state index in [1.165, 1.54) is 6.07 Å². The molecule has 0 atom stereocenters. The van der Waals surface area contributed by atoms with Crippen LogP contribution >= 0.6 is 27.5 Å². The number of amides is 1. The first-order chi connectivity index (χ1) is 8.97. The van der Waals surface area contributed by atoms with Crippen LogP contribution in [0, 0.1) is 12.7 Å². The Balaban J connectivity index is 2.28. The molecule has 0 spiro atoms. The van der Waals surface area contributed by atoms with E-state index in [2.05, 4.69) is 21.2 Å². The summed E-state index contributed by atoms with van der Waals surface area (Å²) in [7, 11) is 0. The van der Waals surface area contributed by atoms with Gasteiger partial charge in [0.05, 0.1) is 0 Å². The smallest absolute Gasteiger partial charge is 0.255 e. The summed E-state index contributed by atoms with van der Waals surface area (Å²) in [6.07, 6.45) is 0. The van der Waals surface area contributed by atoms with Gasteiger partial charge in [0.15, 0.2) is 0 Å². The Morgan fingerprint density at radius 3 is 2.74 bits per heavy atom. The highest BCUT2D eigenvalue weighted by atomic mass is 79.9. The summed E-state index contributed by atoms with van der Waals surface area (Å²) in [6, 6.07) is 9.43. The molecule has 0 aliphatic rings. The van der Waals surface area contributed by atoms with Gasteiger partial charge in [-0.3, -0.25) is 4.79 Å². The minimum Gasteiger partial charge on any atom is -0.322 e. The van der Waals surface area contributed by atoms with E-state index in [1.54, 1.807) is 37.3 Å². The number of benzene rings is 2. The average Bonchev–Trinajstić information content (AvgIpc) is 2.33. The van der Waals surface area contributed by atoms with Crippen LogP contribution < -0.4 is 5.32 Å². The number of anilines is 1. The van der Waals surface area contributed by atoms with Gasteiger partial charge in [0.1, 0.15) is 5.82 Å². The highest BCUT2D eigenvalue weighted by Gasteiger charge is 2.10. The minimum atomic E-state index is -0.356. The third-order valence-electron chi connectivity index (χ3n) is 2.64. The maximum Gasteiger partial charge on any atom is 0.255 e. The van der Waals surface area contributed by atoms with Crippen molar-refractivity contribution in [3.8, 4) is 0 Å². The molecule has 1 amide bonds. The molecular weight excluding hydrogens is 333 g/mol. The van der Waals surface area contributed by atoms with Gasteiger partial charge in [-0.2, -0.15) is 0 Å². The quantitative estimate of drug-likeness (QED) is 0.834. The van der Waals surface area contributed by atoms with Crippen molar-refractivity contribution >= 4 is 39.1 Å². The normalized spacial score (nSPS) is 10.3. The first-order valence-electron chi connectivity index (χ1n) is 5.50. The van der Waals surface area contributed by atoms with E-state index < -0.39 is 0 Å². The number of carbonyl (C=O) groups is 1. The van der Waals surface area contributed by atoms with Crippen molar-refractivity contribution in [2.45, 2.75) is 6.92 Å². The maximum atomic E-state index is 13.4. The number of rotatable bonds is 2. The Labute approximate surface area is 123 Å². The third kappa shape index (κ3) is 3.33. The van der Waals surface area contributed by atoms with E-state index in [0.29, 0.717) is 26.3 Å². The van der Waals surface area contributed by atoms with Crippen molar-refractivity contribution in [3.05, 3.63) is 62.8 Å². The van der Waals surface area contributed by atoms with Crippen molar-refractivity contribution < 1.29 is 9.18 Å². The number of nitrogens with one attached hydrogen (secondary N) is 1. The Morgan fingerprint density at radius 1 is 1.32 bits per heavy atom. The fourth-order valence-electron chi connectivity index (χ4n) is 1.62. The molecule has 0 heterocycles. The topological polar surface area (TPSA) is 29.1 Å². The molecule has 0 aliphatic heterocycles. The van der Waals surface area contributed by atoms with Gasteiger partial charge in [-0.25, -0.2) is 4.39 Å². The molecule has 2 rings (SSSR count).